The summed E-state index contributed by atoms with van der Waals surface area (Å²) in [5.41, 5.74) is 2.64. The van der Waals surface area contributed by atoms with Crippen LogP contribution in [-0.2, 0) is 14.3 Å². The number of methoxy groups -OCH3 is 1. The van der Waals surface area contributed by atoms with Crippen molar-refractivity contribution < 1.29 is 14.3 Å². The van der Waals surface area contributed by atoms with Gasteiger partial charge < -0.3 is 10.1 Å². The summed E-state index contributed by atoms with van der Waals surface area (Å²) in [6, 6.07) is 11.7. The van der Waals surface area contributed by atoms with Gasteiger partial charge >= 0.3 is 5.97 Å². The van der Waals surface area contributed by atoms with Crippen molar-refractivity contribution in [2.24, 2.45) is 0 Å². The SMILES string of the molecule is COC(=O)CNC(=O)CSc1nc(C)cc(-c2ccccc2)n1. The molecule has 0 fully saturated rings. The molecule has 0 radical (unpaired) electrons. The number of esters is 1. The van der Waals surface area contributed by atoms with E-state index >= 15 is 0 Å². The van der Waals surface area contributed by atoms with Gasteiger partial charge in [0, 0.05) is 11.3 Å². The summed E-state index contributed by atoms with van der Waals surface area (Å²) < 4.78 is 4.46. The number of rotatable bonds is 6. The van der Waals surface area contributed by atoms with Gasteiger partial charge in [0.05, 0.1) is 18.6 Å². The Labute approximate surface area is 138 Å². The molecule has 0 atom stereocenters. The lowest BCUT2D eigenvalue weighted by Crippen LogP contribution is -2.31. The average Bonchev–Trinajstić information content (AvgIpc) is 2.58. The largest absolute Gasteiger partial charge is 0.468 e. The maximum atomic E-state index is 11.7. The zero-order valence-corrected chi connectivity index (χ0v) is 13.7. The van der Waals surface area contributed by atoms with Crippen LogP contribution in [0.4, 0.5) is 0 Å². The highest BCUT2D eigenvalue weighted by atomic mass is 32.2. The molecule has 2 aromatic rings. The van der Waals surface area contributed by atoms with E-state index in [2.05, 4.69) is 20.0 Å². The fraction of sp³-hybridized carbons (Fsp3) is 0.250. The normalized spacial score (nSPS) is 10.2. The van der Waals surface area contributed by atoms with E-state index in [0.29, 0.717) is 5.16 Å². The first kappa shape index (κ1) is 17.0. The van der Waals surface area contributed by atoms with Crippen molar-refractivity contribution in [3.05, 3.63) is 42.1 Å². The van der Waals surface area contributed by atoms with E-state index < -0.39 is 5.97 Å². The molecule has 1 aromatic carbocycles. The first-order valence-electron chi connectivity index (χ1n) is 6.96. The molecule has 0 unspecified atom stereocenters. The third-order valence-corrected chi connectivity index (χ3v) is 3.74. The minimum Gasteiger partial charge on any atom is -0.468 e. The first-order chi connectivity index (χ1) is 11.1. The van der Waals surface area contributed by atoms with E-state index in [0.717, 1.165) is 17.0 Å². The Morgan fingerprint density at radius 1 is 1.22 bits per heavy atom. The Morgan fingerprint density at radius 3 is 2.65 bits per heavy atom. The van der Waals surface area contributed by atoms with Gasteiger partial charge in [-0.25, -0.2) is 9.97 Å². The van der Waals surface area contributed by atoms with Crippen molar-refractivity contribution in [3.8, 4) is 11.3 Å². The molecule has 0 bridgehead atoms. The van der Waals surface area contributed by atoms with Crippen LogP contribution >= 0.6 is 11.8 Å². The van der Waals surface area contributed by atoms with Crippen molar-refractivity contribution in [2.75, 3.05) is 19.4 Å². The summed E-state index contributed by atoms with van der Waals surface area (Å²) in [4.78, 5) is 31.4. The number of benzene rings is 1. The lowest BCUT2D eigenvalue weighted by atomic mass is 10.1. The van der Waals surface area contributed by atoms with Gasteiger partial charge in [-0.2, -0.15) is 0 Å². The van der Waals surface area contributed by atoms with Crippen molar-refractivity contribution in [1.82, 2.24) is 15.3 Å². The van der Waals surface area contributed by atoms with Gasteiger partial charge in [-0.15, -0.1) is 0 Å². The molecule has 6 nitrogen and oxygen atoms in total. The molecular weight excluding hydrogens is 314 g/mol. The second kappa shape index (κ2) is 8.28. The van der Waals surface area contributed by atoms with E-state index in [4.69, 9.17) is 0 Å². The minimum atomic E-state index is -0.485. The van der Waals surface area contributed by atoms with E-state index in [1.54, 1.807) is 0 Å². The zero-order valence-electron chi connectivity index (χ0n) is 12.9. The first-order valence-corrected chi connectivity index (χ1v) is 7.94. The lowest BCUT2D eigenvalue weighted by molar-refractivity contribution is -0.140. The predicted molar refractivity (Wildman–Crippen MR) is 88.0 cm³/mol. The fourth-order valence-electron chi connectivity index (χ4n) is 1.79. The molecule has 1 N–H and O–H groups in total. The standard InChI is InChI=1S/C16H17N3O3S/c1-11-8-13(12-6-4-3-5-7-12)19-16(18-11)23-10-14(20)17-9-15(21)22-2/h3-8H,9-10H2,1-2H3,(H,17,20). The summed E-state index contributed by atoms with van der Waals surface area (Å²) in [5.74, 6) is -0.623. The predicted octanol–water partition coefficient (Wildman–Crippen LogP) is 1.83. The molecule has 0 saturated carbocycles. The van der Waals surface area contributed by atoms with Gasteiger partial charge in [0.1, 0.15) is 6.54 Å². The lowest BCUT2D eigenvalue weighted by Gasteiger charge is -2.06. The van der Waals surface area contributed by atoms with Gasteiger partial charge in [0.15, 0.2) is 5.16 Å². The molecule has 0 spiro atoms. The summed E-state index contributed by atoms with van der Waals surface area (Å²) in [7, 11) is 1.27. The van der Waals surface area contributed by atoms with Crippen molar-refractivity contribution >= 4 is 23.6 Å². The number of ether oxygens (including phenoxy) is 1. The summed E-state index contributed by atoms with van der Waals surface area (Å²) >= 11 is 1.22. The number of carbonyl (C=O) groups excluding carboxylic acids is 2. The molecule has 1 aromatic heterocycles. The Hall–Kier alpha value is -2.41. The third kappa shape index (κ3) is 5.37. The van der Waals surface area contributed by atoms with Crippen molar-refractivity contribution in [1.29, 1.82) is 0 Å². The number of amides is 1. The van der Waals surface area contributed by atoms with Crippen LogP contribution in [0.2, 0.25) is 0 Å². The fourth-order valence-corrected chi connectivity index (χ4v) is 2.52. The number of nitrogens with one attached hydrogen (secondary N) is 1. The minimum absolute atomic E-state index is 0.134. The van der Waals surface area contributed by atoms with Crippen LogP contribution in [0.15, 0.2) is 41.6 Å². The maximum absolute atomic E-state index is 11.7. The maximum Gasteiger partial charge on any atom is 0.325 e. The Morgan fingerprint density at radius 2 is 1.96 bits per heavy atom. The molecule has 120 valence electrons. The molecule has 23 heavy (non-hydrogen) atoms. The molecule has 0 saturated heterocycles. The molecule has 0 aliphatic carbocycles. The molecule has 0 aliphatic heterocycles. The van der Waals surface area contributed by atoms with Gasteiger partial charge in [0.2, 0.25) is 5.91 Å². The van der Waals surface area contributed by atoms with Crippen LogP contribution in [0.5, 0.6) is 0 Å². The van der Waals surface area contributed by atoms with E-state index in [1.807, 2.05) is 43.3 Å². The molecule has 0 aliphatic rings. The molecule has 1 heterocycles. The highest BCUT2D eigenvalue weighted by molar-refractivity contribution is 7.99. The number of aromatic nitrogens is 2. The second-order valence-electron chi connectivity index (χ2n) is 4.68. The Balaban J connectivity index is 1.99. The van der Waals surface area contributed by atoms with Crippen LogP contribution in [-0.4, -0.2) is 41.3 Å². The highest BCUT2D eigenvalue weighted by Crippen LogP contribution is 2.21. The number of hydrogen-bond acceptors (Lipinski definition) is 6. The summed E-state index contributed by atoms with van der Waals surface area (Å²) in [6.45, 7) is 1.75. The number of carbonyl (C=O) groups is 2. The van der Waals surface area contributed by atoms with Crippen LogP contribution in [0.25, 0.3) is 11.3 Å². The van der Waals surface area contributed by atoms with Crippen LogP contribution in [0, 0.1) is 6.92 Å². The van der Waals surface area contributed by atoms with Gasteiger partial charge in [-0.1, -0.05) is 42.1 Å². The second-order valence-corrected chi connectivity index (χ2v) is 5.63. The van der Waals surface area contributed by atoms with Crippen LogP contribution < -0.4 is 5.32 Å². The summed E-state index contributed by atoms with van der Waals surface area (Å²) in [6.07, 6.45) is 0. The van der Waals surface area contributed by atoms with Crippen molar-refractivity contribution in [3.63, 3.8) is 0 Å². The highest BCUT2D eigenvalue weighted by Gasteiger charge is 2.09. The molecule has 1 amide bonds. The van der Waals surface area contributed by atoms with Crippen LogP contribution in [0.3, 0.4) is 0 Å². The number of aryl methyl sites for hydroxylation is 1. The van der Waals surface area contributed by atoms with Gasteiger partial charge in [-0.05, 0) is 13.0 Å². The number of nitrogens with zero attached hydrogens (tertiary/aromatic N) is 2. The monoisotopic (exact) mass is 331 g/mol. The number of hydrogen-bond donors (Lipinski definition) is 1. The van der Waals surface area contributed by atoms with Crippen molar-refractivity contribution in [2.45, 2.75) is 12.1 Å². The average molecular weight is 331 g/mol. The smallest absolute Gasteiger partial charge is 0.325 e. The zero-order chi connectivity index (χ0) is 16.7. The van der Waals surface area contributed by atoms with E-state index in [1.165, 1.54) is 18.9 Å². The van der Waals surface area contributed by atoms with E-state index in [9.17, 15) is 9.59 Å². The quantitative estimate of drug-likeness (QED) is 0.494. The molecule has 7 heteroatoms. The molecular formula is C16H17N3O3S. The number of thioether (sulfide) groups is 1. The van der Waals surface area contributed by atoms with Gasteiger partial charge in [-0.3, -0.25) is 9.59 Å². The molecule has 2 rings (SSSR count). The van der Waals surface area contributed by atoms with Crippen LogP contribution in [0.1, 0.15) is 5.69 Å². The third-order valence-electron chi connectivity index (χ3n) is 2.89. The van der Waals surface area contributed by atoms with Gasteiger partial charge in [0.25, 0.3) is 0 Å². The van der Waals surface area contributed by atoms with E-state index in [-0.39, 0.29) is 18.2 Å². The topological polar surface area (TPSA) is 81.2 Å². The Kier molecular flexibility index (Phi) is 6.10. The Bertz CT molecular complexity index is 692. The summed E-state index contributed by atoms with van der Waals surface area (Å²) in [5, 5.41) is 3.00.